The van der Waals surface area contributed by atoms with Crippen LogP contribution >= 0.6 is 0 Å². The lowest BCUT2D eigenvalue weighted by atomic mass is 10.2. The van der Waals surface area contributed by atoms with Crippen LogP contribution in [0.3, 0.4) is 0 Å². The fourth-order valence-corrected chi connectivity index (χ4v) is 1.52. The number of methoxy groups -OCH3 is 1. The highest BCUT2D eigenvalue weighted by atomic mass is 16.5. The SMILES string of the molecule is COc1c(C)cccc1N=Cc1cnccn1. The smallest absolute Gasteiger partial charge is 0.147 e. The van der Waals surface area contributed by atoms with E-state index in [-0.39, 0.29) is 0 Å². The van der Waals surface area contributed by atoms with Gasteiger partial charge in [-0.2, -0.15) is 0 Å². The van der Waals surface area contributed by atoms with E-state index in [4.69, 9.17) is 4.74 Å². The van der Waals surface area contributed by atoms with Gasteiger partial charge in [0.2, 0.25) is 0 Å². The first-order valence-electron chi connectivity index (χ1n) is 5.25. The standard InChI is InChI=1S/C13H13N3O/c1-10-4-3-5-12(13(10)17-2)16-9-11-8-14-6-7-15-11/h3-9H,1-2H3. The molecule has 4 nitrogen and oxygen atoms in total. The second kappa shape index (κ2) is 5.21. The van der Waals surface area contributed by atoms with Crippen LogP contribution in [-0.2, 0) is 0 Å². The first-order chi connectivity index (χ1) is 8.31. The van der Waals surface area contributed by atoms with Crippen molar-refractivity contribution in [2.45, 2.75) is 6.92 Å². The predicted molar refractivity (Wildman–Crippen MR) is 67.0 cm³/mol. The van der Waals surface area contributed by atoms with Crippen LogP contribution in [0.2, 0.25) is 0 Å². The van der Waals surface area contributed by atoms with Crippen LogP contribution in [-0.4, -0.2) is 23.3 Å². The van der Waals surface area contributed by atoms with Gasteiger partial charge in [-0.25, -0.2) is 0 Å². The minimum atomic E-state index is 0.719. The number of hydrogen-bond acceptors (Lipinski definition) is 4. The van der Waals surface area contributed by atoms with Gasteiger partial charge in [-0.3, -0.25) is 15.0 Å². The Morgan fingerprint density at radius 3 is 2.88 bits per heavy atom. The molecule has 0 aliphatic rings. The number of hydrogen-bond donors (Lipinski definition) is 0. The molecule has 0 saturated heterocycles. The van der Waals surface area contributed by atoms with Gasteiger partial charge in [0.05, 0.1) is 25.2 Å². The maximum absolute atomic E-state index is 5.31. The number of nitrogens with zero attached hydrogens (tertiary/aromatic N) is 3. The van der Waals surface area contributed by atoms with Crippen LogP contribution in [0.15, 0.2) is 41.8 Å². The number of para-hydroxylation sites is 1. The molecular formula is C13H13N3O. The third-order valence-electron chi connectivity index (χ3n) is 2.31. The molecule has 0 aliphatic carbocycles. The lowest BCUT2D eigenvalue weighted by Crippen LogP contribution is -1.89. The van der Waals surface area contributed by atoms with Crippen molar-refractivity contribution >= 4 is 11.9 Å². The second-order valence-corrected chi connectivity index (χ2v) is 3.52. The first kappa shape index (κ1) is 11.3. The third kappa shape index (κ3) is 2.66. The molecule has 1 aromatic carbocycles. The molecule has 0 radical (unpaired) electrons. The van der Waals surface area contributed by atoms with Crippen LogP contribution in [0.25, 0.3) is 0 Å². The summed E-state index contributed by atoms with van der Waals surface area (Å²) in [7, 11) is 1.64. The molecule has 0 saturated carbocycles. The van der Waals surface area contributed by atoms with Crippen molar-refractivity contribution in [3.63, 3.8) is 0 Å². The quantitative estimate of drug-likeness (QED) is 0.757. The van der Waals surface area contributed by atoms with Crippen molar-refractivity contribution in [1.82, 2.24) is 9.97 Å². The maximum Gasteiger partial charge on any atom is 0.147 e. The average molecular weight is 227 g/mol. The van der Waals surface area contributed by atoms with Crippen molar-refractivity contribution in [3.05, 3.63) is 48.0 Å². The summed E-state index contributed by atoms with van der Waals surface area (Å²) in [4.78, 5) is 12.4. The summed E-state index contributed by atoms with van der Waals surface area (Å²) in [6.45, 7) is 1.99. The van der Waals surface area contributed by atoms with Crippen molar-refractivity contribution in [2.75, 3.05) is 7.11 Å². The minimum absolute atomic E-state index is 0.719. The lowest BCUT2D eigenvalue weighted by Gasteiger charge is -2.06. The number of aromatic nitrogens is 2. The van der Waals surface area contributed by atoms with Gasteiger partial charge in [0.15, 0.2) is 0 Å². The Labute approximate surface area is 100 Å². The summed E-state index contributed by atoms with van der Waals surface area (Å²) in [5.74, 6) is 0.785. The Balaban J connectivity index is 2.30. The highest BCUT2D eigenvalue weighted by Crippen LogP contribution is 2.30. The molecule has 1 heterocycles. The summed E-state index contributed by atoms with van der Waals surface area (Å²) >= 11 is 0. The molecule has 4 heteroatoms. The fraction of sp³-hybridized carbons (Fsp3) is 0.154. The summed E-state index contributed by atoms with van der Waals surface area (Å²) < 4.78 is 5.31. The van der Waals surface area contributed by atoms with Crippen LogP contribution in [0.5, 0.6) is 5.75 Å². The highest BCUT2D eigenvalue weighted by Gasteiger charge is 2.03. The molecule has 0 unspecified atom stereocenters. The predicted octanol–water partition coefficient (Wildman–Crippen LogP) is 2.54. The molecule has 2 rings (SSSR count). The molecule has 0 spiro atoms. The zero-order chi connectivity index (χ0) is 12.1. The average Bonchev–Trinajstić information content (AvgIpc) is 2.37. The van der Waals surface area contributed by atoms with Crippen LogP contribution in [0, 0.1) is 6.92 Å². The Kier molecular flexibility index (Phi) is 3.45. The minimum Gasteiger partial charge on any atom is -0.494 e. The normalized spacial score (nSPS) is 10.7. The van der Waals surface area contributed by atoms with Crippen molar-refractivity contribution < 1.29 is 4.74 Å². The zero-order valence-corrected chi connectivity index (χ0v) is 9.79. The molecule has 2 aromatic rings. The van der Waals surface area contributed by atoms with E-state index in [2.05, 4.69) is 15.0 Å². The van der Waals surface area contributed by atoms with E-state index in [1.54, 1.807) is 31.9 Å². The second-order valence-electron chi connectivity index (χ2n) is 3.52. The third-order valence-corrected chi connectivity index (χ3v) is 2.31. The Morgan fingerprint density at radius 2 is 2.18 bits per heavy atom. The van der Waals surface area contributed by atoms with Crippen molar-refractivity contribution in [1.29, 1.82) is 0 Å². The molecule has 0 aliphatic heterocycles. The summed E-state index contributed by atoms with van der Waals surface area (Å²) in [5.41, 5.74) is 2.57. The molecule has 0 atom stereocenters. The number of rotatable bonds is 3. The number of ether oxygens (including phenoxy) is 1. The Hall–Kier alpha value is -2.23. The fourth-order valence-electron chi connectivity index (χ4n) is 1.52. The summed E-state index contributed by atoms with van der Waals surface area (Å²) in [6.07, 6.45) is 6.59. The van der Waals surface area contributed by atoms with E-state index in [1.807, 2.05) is 25.1 Å². The molecule has 0 fully saturated rings. The molecule has 1 aromatic heterocycles. The van der Waals surface area contributed by atoms with E-state index < -0.39 is 0 Å². The van der Waals surface area contributed by atoms with Crippen molar-refractivity contribution in [3.8, 4) is 5.75 Å². The molecule has 17 heavy (non-hydrogen) atoms. The van der Waals surface area contributed by atoms with Gasteiger partial charge in [0, 0.05) is 12.4 Å². The van der Waals surface area contributed by atoms with Crippen LogP contribution < -0.4 is 4.74 Å². The molecule has 0 bridgehead atoms. The van der Waals surface area contributed by atoms with Gasteiger partial charge >= 0.3 is 0 Å². The number of aliphatic imine (C=N–C) groups is 1. The Bertz CT molecular complexity index is 523. The topological polar surface area (TPSA) is 47.4 Å². The maximum atomic E-state index is 5.31. The van der Waals surface area contributed by atoms with E-state index in [1.165, 1.54) is 0 Å². The van der Waals surface area contributed by atoms with Gasteiger partial charge in [-0.15, -0.1) is 0 Å². The van der Waals surface area contributed by atoms with Crippen molar-refractivity contribution in [2.24, 2.45) is 4.99 Å². The molecular weight excluding hydrogens is 214 g/mol. The highest BCUT2D eigenvalue weighted by molar-refractivity contribution is 5.80. The zero-order valence-electron chi connectivity index (χ0n) is 9.79. The van der Waals surface area contributed by atoms with Gasteiger partial charge in [0.25, 0.3) is 0 Å². The molecule has 0 N–H and O–H groups in total. The van der Waals surface area contributed by atoms with E-state index in [0.29, 0.717) is 0 Å². The first-order valence-corrected chi connectivity index (χ1v) is 5.25. The Morgan fingerprint density at radius 1 is 1.29 bits per heavy atom. The van der Waals surface area contributed by atoms with E-state index in [9.17, 15) is 0 Å². The lowest BCUT2D eigenvalue weighted by molar-refractivity contribution is 0.413. The van der Waals surface area contributed by atoms with Gasteiger partial charge < -0.3 is 4.74 Å². The van der Waals surface area contributed by atoms with E-state index >= 15 is 0 Å². The van der Waals surface area contributed by atoms with Gasteiger partial charge in [-0.05, 0) is 18.6 Å². The van der Waals surface area contributed by atoms with Gasteiger partial charge in [-0.1, -0.05) is 12.1 Å². The number of aryl methyl sites for hydroxylation is 1. The largest absolute Gasteiger partial charge is 0.494 e. The summed E-state index contributed by atoms with van der Waals surface area (Å²) in [5, 5.41) is 0. The van der Waals surface area contributed by atoms with Gasteiger partial charge in [0.1, 0.15) is 11.4 Å². The number of benzene rings is 1. The molecule has 86 valence electrons. The van der Waals surface area contributed by atoms with E-state index in [0.717, 1.165) is 22.7 Å². The molecule has 0 amide bonds. The van der Waals surface area contributed by atoms with Crippen LogP contribution in [0.4, 0.5) is 5.69 Å². The van der Waals surface area contributed by atoms with Crippen LogP contribution in [0.1, 0.15) is 11.3 Å². The monoisotopic (exact) mass is 227 g/mol. The summed E-state index contributed by atoms with van der Waals surface area (Å²) in [6, 6.07) is 5.83.